The lowest BCUT2D eigenvalue weighted by atomic mass is 10.2. The molecule has 1 fully saturated rings. The first-order valence-corrected chi connectivity index (χ1v) is 8.26. The van der Waals surface area contributed by atoms with E-state index in [1.807, 2.05) is 18.3 Å². The van der Waals surface area contributed by atoms with E-state index in [2.05, 4.69) is 25.7 Å². The normalized spacial score (nSPS) is 14.0. The number of carbonyl (C=O) groups is 1. The van der Waals surface area contributed by atoms with E-state index >= 15 is 0 Å². The molecule has 1 saturated carbocycles. The smallest absolute Gasteiger partial charge is 0.258 e. The third-order valence-electron chi connectivity index (χ3n) is 4.30. The van der Waals surface area contributed by atoms with Crippen molar-refractivity contribution in [2.45, 2.75) is 25.3 Å². The summed E-state index contributed by atoms with van der Waals surface area (Å²) in [5, 5.41) is 15.1. The molecule has 0 atom stereocenters. The fourth-order valence-electron chi connectivity index (χ4n) is 2.71. The van der Waals surface area contributed by atoms with Crippen molar-refractivity contribution in [1.29, 1.82) is 0 Å². The average molecular weight is 350 g/mol. The van der Waals surface area contributed by atoms with Crippen LogP contribution >= 0.6 is 0 Å². The van der Waals surface area contributed by atoms with Crippen LogP contribution in [0.3, 0.4) is 0 Å². The van der Waals surface area contributed by atoms with Gasteiger partial charge in [-0.3, -0.25) is 9.20 Å². The van der Waals surface area contributed by atoms with Crippen molar-refractivity contribution >= 4 is 11.6 Å². The highest BCUT2D eigenvalue weighted by Gasteiger charge is 2.29. The molecule has 0 aromatic carbocycles. The van der Waals surface area contributed by atoms with Gasteiger partial charge in [0.15, 0.2) is 17.3 Å². The van der Waals surface area contributed by atoms with Crippen LogP contribution in [0.2, 0.25) is 0 Å². The third kappa shape index (κ3) is 2.63. The molecular formula is C17H14N6O3. The van der Waals surface area contributed by atoms with Gasteiger partial charge in [-0.1, -0.05) is 5.16 Å². The van der Waals surface area contributed by atoms with E-state index in [1.165, 1.54) is 12.5 Å². The molecule has 9 heteroatoms. The lowest BCUT2D eigenvalue weighted by molar-refractivity contribution is 0.0949. The first kappa shape index (κ1) is 14.8. The Morgan fingerprint density at radius 1 is 1.31 bits per heavy atom. The molecule has 1 aliphatic carbocycles. The number of rotatable bonds is 5. The molecule has 1 N–H and O–H groups in total. The van der Waals surface area contributed by atoms with Crippen LogP contribution in [-0.4, -0.2) is 30.6 Å². The van der Waals surface area contributed by atoms with E-state index in [9.17, 15) is 4.79 Å². The lowest BCUT2D eigenvalue weighted by Crippen LogP contribution is -2.23. The van der Waals surface area contributed by atoms with Gasteiger partial charge in [0.25, 0.3) is 11.8 Å². The fourth-order valence-corrected chi connectivity index (χ4v) is 2.71. The van der Waals surface area contributed by atoms with Crippen molar-refractivity contribution in [3.8, 4) is 11.5 Å². The second kappa shape index (κ2) is 5.80. The van der Waals surface area contributed by atoms with Crippen molar-refractivity contribution in [3.05, 3.63) is 54.1 Å². The molecule has 0 aliphatic heterocycles. The first-order valence-electron chi connectivity index (χ1n) is 8.26. The number of aromatic nitrogens is 5. The molecule has 0 bridgehead atoms. The topological polar surface area (TPSA) is 111 Å². The predicted molar refractivity (Wildman–Crippen MR) is 88.1 cm³/mol. The van der Waals surface area contributed by atoms with Crippen molar-refractivity contribution in [3.63, 3.8) is 0 Å². The fraction of sp³-hybridized carbons (Fsp3) is 0.235. The molecule has 0 spiro atoms. The number of nitrogens with zero attached hydrogens (tertiary/aromatic N) is 5. The van der Waals surface area contributed by atoms with Crippen molar-refractivity contribution in [2.75, 3.05) is 0 Å². The van der Waals surface area contributed by atoms with Gasteiger partial charge < -0.3 is 14.3 Å². The Kier molecular flexibility index (Phi) is 3.30. The van der Waals surface area contributed by atoms with Gasteiger partial charge in [-0.25, -0.2) is 0 Å². The second-order valence-corrected chi connectivity index (χ2v) is 6.19. The van der Waals surface area contributed by atoms with Crippen LogP contribution in [0, 0.1) is 0 Å². The molecule has 26 heavy (non-hydrogen) atoms. The van der Waals surface area contributed by atoms with Crippen LogP contribution in [-0.2, 0) is 6.54 Å². The van der Waals surface area contributed by atoms with Crippen LogP contribution < -0.4 is 5.32 Å². The summed E-state index contributed by atoms with van der Waals surface area (Å²) in [5.74, 6) is 2.07. The highest BCUT2D eigenvalue weighted by molar-refractivity contribution is 5.93. The van der Waals surface area contributed by atoms with Crippen LogP contribution in [0.1, 0.15) is 40.8 Å². The Bertz CT molecular complexity index is 1080. The zero-order valence-corrected chi connectivity index (χ0v) is 13.6. The van der Waals surface area contributed by atoms with Crippen LogP contribution in [0.4, 0.5) is 0 Å². The van der Waals surface area contributed by atoms with E-state index < -0.39 is 0 Å². The van der Waals surface area contributed by atoms with E-state index in [4.69, 9.17) is 8.94 Å². The van der Waals surface area contributed by atoms with Crippen molar-refractivity contribution < 1.29 is 13.7 Å². The molecule has 1 aliphatic rings. The molecule has 0 radical (unpaired) electrons. The zero-order valence-electron chi connectivity index (χ0n) is 13.6. The molecule has 9 nitrogen and oxygen atoms in total. The monoisotopic (exact) mass is 350 g/mol. The minimum absolute atomic E-state index is 0.231. The number of pyridine rings is 1. The van der Waals surface area contributed by atoms with Gasteiger partial charge in [-0.05, 0) is 31.0 Å². The number of amides is 1. The summed E-state index contributed by atoms with van der Waals surface area (Å²) in [5.41, 5.74) is 1.89. The summed E-state index contributed by atoms with van der Waals surface area (Å²) in [6.45, 7) is 0.247. The van der Waals surface area contributed by atoms with Gasteiger partial charge in [0.1, 0.15) is 6.26 Å². The molecule has 0 saturated heterocycles. The number of hydrogen-bond acceptors (Lipinski definition) is 7. The van der Waals surface area contributed by atoms with Gasteiger partial charge in [-0.2, -0.15) is 4.98 Å². The van der Waals surface area contributed by atoms with Gasteiger partial charge >= 0.3 is 0 Å². The Labute approximate surface area is 147 Å². The SMILES string of the molecule is O=C(NCc1nnc2cc(-c3nc(C4CC4)no3)ccn12)c1ccoc1. The van der Waals surface area contributed by atoms with E-state index in [1.54, 1.807) is 10.5 Å². The summed E-state index contributed by atoms with van der Waals surface area (Å²) in [6.07, 6.45) is 6.91. The molecule has 4 aromatic heterocycles. The third-order valence-corrected chi connectivity index (χ3v) is 4.30. The molecular weight excluding hydrogens is 336 g/mol. The summed E-state index contributed by atoms with van der Waals surface area (Å²) in [7, 11) is 0. The van der Waals surface area contributed by atoms with Gasteiger partial charge in [-0.15, -0.1) is 10.2 Å². The minimum atomic E-state index is -0.231. The van der Waals surface area contributed by atoms with Crippen molar-refractivity contribution in [1.82, 2.24) is 30.1 Å². The number of carbonyl (C=O) groups excluding carboxylic acids is 1. The summed E-state index contributed by atoms with van der Waals surface area (Å²) in [6, 6.07) is 5.30. The summed E-state index contributed by atoms with van der Waals surface area (Å²) >= 11 is 0. The molecule has 4 heterocycles. The van der Waals surface area contributed by atoms with E-state index in [0.717, 1.165) is 24.2 Å². The van der Waals surface area contributed by atoms with Crippen molar-refractivity contribution in [2.24, 2.45) is 0 Å². The molecule has 4 aromatic rings. The van der Waals surface area contributed by atoms with Crippen LogP contribution in [0.15, 0.2) is 45.9 Å². The number of nitrogens with one attached hydrogen (secondary N) is 1. The maximum absolute atomic E-state index is 12.0. The minimum Gasteiger partial charge on any atom is -0.472 e. The summed E-state index contributed by atoms with van der Waals surface area (Å²) < 4.78 is 12.1. The van der Waals surface area contributed by atoms with Gasteiger partial charge in [0.05, 0.1) is 18.4 Å². The van der Waals surface area contributed by atoms with E-state index in [-0.39, 0.29) is 12.5 Å². The Morgan fingerprint density at radius 3 is 3.04 bits per heavy atom. The lowest BCUT2D eigenvalue weighted by Gasteiger charge is -2.03. The molecule has 0 unspecified atom stereocenters. The number of furan rings is 1. The molecule has 1 amide bonds. The first-order chi connectivity index (χ1) is 12.8. The standard InChI is InChI=1S/C17H14N6O3/c24-16(12-4-6-25-9-12)18-8-14-21-20-13-7-11(3-5-23(13)14)17-19-15(22-26-17)10-1-2-10/h3-7,9-10H,1-2,8H2,(H,18,24). The molecule has 130 valence electrons. The molecule has 5 rings (SSSR count). The second-order valence-electron chi connectivity index (χ2n) is 6.19. The number of hydrogen-bond donors (Lipinski definition) is 1. The predicted octanol–water partition coefficient (Wildman–Crippen LogP) is 2.18. The maximum atomic E-state index is 12.0. The average Bonchev–Trinajstić information content (AvgIpc) is 3.10. The highest BCUT2D eigenvalue weighted by atomic mass is 16.5. The zero-order chi connectivity index (χ0) is 17.5. The van der Waals surface area contributed by atoms with Crippen LogP contribution in [0.5, 0.6) is 0 Å². The Morgan fingerprint density at radius 2 is 2.23 bits per heavy atom. The Hall–Kier alpha value is -3.49. The van der Waals surface area contributed by atoms with Crippen LogP contribution in [0.25, 0.3) is 17.1 Å². The van der Waals surface area contributed by atoms with Gasteiger partial charge in [0.2, 0.25) is 0 Å². The van der Waals surface area contributed by atoms with E-state index in [0.29, 0.717) is 28.8 Å². The van der Waals surface area contributed by atoms with Gasteiger partial charge in [0, 0.05) is 17.7 Å². The Balaban J connectivity index is 1.36. The highest BCUT2D eigenvalue weighted by Crippen LogP contribution is 2.38. The summed E-state index contributed by atoms with van der Waals surface area (Å²) in [4.78, 5) is 16.4. The largest absolute Gasteiger partial charge is 0.472 e. The quantitative estimate of drug-likeness (QED) is 0.587. The number of fused-ring (bicyclic) bond motifs is 1. The maximum Gasteiger partial charge on any atom is 0.258 e.